The SMILES string of the molecule is COc1cc(O)c2c(c1)O[C@@H](c1ccc(OC)c(O[C@@H]3O[C@H](CO)[C@@H](O)[C@H](O)[C@H]3O)c1)CC2=O. The number of benzene rings is 2. The van der Waals surface area contributed by atoms with Crippen molar-refractivity contribution in [3.05, 3.63) is 41.5 Å². The first-order chi connectivity index (χ1) is 16.3. The summed E-state index contributed by atoms with van der Waals surface area (Å²) in [6, 6.07) is 7.61. The number of ether oxygens (including phenoxy) is 5. The number of fused-ring (bicyclic) bond motifs is 1. The highest BCUT2D eigenvalue weighted by molar-refractivity contribution is 6.02. The Kier molecular flexibility index (Phi) is 6.82. The molecule has 0 amide bonds. The zero-order valence-corrected chi connectivity index (χ0v) is 18.5. The zero-order valence-electron chi connectivity index (χ0n) is 18.5. The quantitative estimate of drug-likeness (QED) is 0.388. The van der Waals surface area contributed by atoms with Crippen LogP contribution in [0.25, 0.3) is 0 Å². The summed E-state index contributed by atoms with van der Waals surface area (Å²) in [6.07, 6.45) is -8.09. The number of hydrogen-bond donors (Lipinski definition) is 5. The first-order valence-corrected chi connectivity index (χ1v) is 10.5. The predicted molar refractivity (Wildman–Crippen MR) is 114 cm³/mol. The van der Waals surface area contributed by atoms with Crippen LogP contribution in [0.2, 0.25) is 0 Å². The molecule has 0 unspecified atom stereocenters. The van der Waals surface area contributed by atoms with Crippen LogP contribution in [0.3, 0.4) is 0 Å². The highest BCUT2D eigenvalue weighted by Crippen LogP contribution is 2.43. The van der Waals surface area contributed by atoms with Gasteiger partial charge in [0.05, 0.1) is 27.2 Å². The van der Waals surface area contributed by atoms with E-state index in [1.54, 1.807) is 12.1 Å². The van der Waals surface area contributed by atoms with E-state index in [4.69, 9.17) is 23.7 Å². The van der Waals surface area contributed by atoms with E-state index in [0.29, 0.717) is 11.3 Å². The molecule has 11 nitrogen and oxygen atoms in total. The number of Topliss-reactive ketones (excluding diaryl/α,β-unsaturated/α-hetero) is 1. The van der Waals surface area contributed by atoms with Crippen LogP contribution in [-0.2, 0) is 4.74 Å². The van der Waals surface area contributed by atoms with Crippen molar-refractivity contribution in [2.24, 2.45) is 0 Å². The maximum atomic E-state index is 12.7. The van der Waals surface area contributed by atoms with Crippen molar-refractivity contribution >= 4 is 5.78 Å². The monoisotopic (exact) mass is 478 g/mol. The molecule has 2 aromatic rings. The molecule has 184 valence electrons. The van der Waals surface area contributed by atoms with Crippen LogP contribution in [0.15, 0.2) is 30.3 Å². The summed E-state index contributed by atoms with van der Waals surface area (Å²) in [5, 5.41) is 49.9. The highest BCUT2D eigenvalue weighted by Gasteiger charge is 2.45. The molecule has 4 rings (SSSR count). The molecule has 2 aliphatic rings. The van der Waals surface area contributed by atoms with E-state index in [1.165, 1.54) is 32.4 Å². The van der Waals surface area contributed by atoms with Gasteiger partial charge in [0.1, 0.15) is 53.3 Å². The van der Waals surface area contributed by atoms with E-state index in [1.807, 2.05) is 0 Å². The van der Waals surface area contributed by atoms with Crippen molar-refractivity contribution < 1.29 is 54.0 Å². The Morgan fingerprint density at radius 3 is 2.44 bits per heavy atom. The summed E-state index contributed by atoms with van der Waals surface area (Å²) < 4.78 is 27.6. The molecule has 0 aromatic heterocycles. The lowest BCUT2D eigenvalue weighted by Gasteiger charge is -2.39. The second kappa shape index (κ2) is 9.65. The minimum atomic E-state index is -1.61. The van der Waals surface area contributed by atoms with Crippen LogP contribution in [-0.4, -0.2) is 82.8 Å². The third-order valence-electron chi connectivity index (χ3n) is 5.86. The number of aliphatic hydroxyl groups is 4. The van der Waals surface area contributed by atoms with Gasteiger partial charge in [-0.25, -0.2) is 0 Å². The topological polar surface area (TPSA) is 164 Å². The molecule has 0 saturated carbocycles. The second-order valence-electron chi connectivity index (χ2n) is 7.98. The molecule has 11 heteroatoms. The number of carbonyl (C=O) groups excluding carboxylic acids is 1. The summed E-state index contributed by atoms with van der Waals surface area (Å²) in [6.45, 7) is -0.601. The Balaban J connectivity index is 1.62. The van der Waals surface area contributed by atoms with E-state index < -0.39 is 43.4 Å². The molecule has 2 heterocycles. The van der Waals surface area contributed by atoms with Crippen LogP contribution in [0.1, 0.15) is 28.4 Å². The van der Waals surface area contributed by atoms with Crippen molar-refractivity contribution in [2.75, 3.05) is 20.8 Å². The van der Waals surface area contributed by atoms with E-state index in [9.17, 15) is 30.3 Å². The van der Waals surface area contributed by atoms with Gasteiger partial charge in [-0.3, -0.25) is 4.79 Å². The van der Waals surface area contributed by atoms with E-state index in [-0.39, 0.29) is 40.8 Å². The highest BCUT2D eigenvalue weighted by atomic mass is 16.7. The van der Waals surface area contributed by atoms with Crippen molar-refractivity contribution in [1.82, 2.24) is 0 Å². The lowest BCUT2D eigenvalue weighted by atomic mass is 9.95. The standard InChI is InChI=1S/C23H26O11/c1-30-11-6-12(25)19-13(26)8-15(32-17(19)7-11)10-3-4-14(31-2)16(5-10)33-23-22(29)21(28)20(27)18(9-24)34-23/h3-7,15,18,20-25,27-29H,8-9H2,1-2H3/t15-,18-,20-,21+,22-,23-/m1/s1. The normalized spacial score (nSPS) is 28.6. The fraction of sp³-hybridized carbons (Fsp3) is 0.435. The molecule has 2 aliphatic heterocycles. The second-order valence-corrected chi connectivity index (χ2v) is 7.98. The summed E-state index contributed by atoms with van der Waals surface area (Å²) in [7, 11) is 2.83. The van der Waals surface area contributed by atoms with E-state index >= 15 is 0 Å². The minimum Gasteiger partial charge on any atom is -0.507 e. The maximum absolute atomic E-state index is 12.7. The number of methoxy groups -OCH3 is 2. The van der Waals surface area contributed by atoms with Gasteiger partial charge >= 0.3 is 0 Å². The number of aromatic hydroxyl groups is 1. The lowest BCUT2D eigenvalue weighted by Crippen LogP contribution is -2.60. The van der Waals surface area contributed by atoms with Gasteiger partial charge in [-0.05, 0) is 17.7 Å². The number of aliphatic hydroxyl groups excluding tert-OH is 4. The van der Waals surface area contributed by atoms with Crippen molar-refractivity contribution in [1.29, 1.82) is 0 Å². The van der Waals surface area contributed by atoms with Gasteiger partial charge in [-0.15, -0.1) is 0 Å². The van der Waals surface area contributed by atoms with Gasteiger partial charge in [0.25, 0.3) is 0 Å². The molecule has 6 atom stereocenters. The van der Waals surface area contributed by atoms with Gasteiger partial charge in [0.2, 0.25) is 6.29 Å². The molecule has 1 saturated heterocycles. The van der Waals surface area contributed by atoms with E-state index in [0.717, 1.165) is 0 Å². The van der Waals surface area contributed by atoms with Crippen molar-refractivity contribution in [3.63, 3.8) is 0 Å². The summed E-state index contributed by atoms with van der Waals surface area (Å²) in [5.74, 6) is 0.316. The smallest absolute Gasteiger partial charge is 0.229 e. The molecule has 0 radical (unpaired) electrons. The zero-order chi connectivity index (χ0) is 24.6. The lowest BCUT2D eigenvalue weighted by molar-refractivity contribution is -0.277. The Morgan fingerprint density at radius 1 is 1.00 bits per heavy atom. The molecular formula is C23H26O11. The number of phenolic OH excluding ortho intramolecular Hbond substituents is 1. The first kappa shape index (κ1) is 24.0. The third-order valence-corrected chi connectivity index (χ3v) is 5.86. The molecule has 34 heavy (non-hydrogen) atoms. The number of rotatable bonds is 6. The van der Waals surface area contributed by atoms with Gasteiger partial charge in [-0.2, -0.15) is 0 Å². The number of hydrogen-bond acceptors (Lipinski definition) is 11. The average Bonchev–Trinajstić information content (AvgIpc) is 2.83. The van der Waals surface area contributed by atoms with Gasteiger partial charge in [0.15, 0.2) is 17.3 Å². The minimum absolute atomic E-state index is 0.0568. The van der Waals surface area contributed by atoms with Crippen LogP contribution in [0, 0.1) is 0 Å². The molecule has 0 spiro atoms. The molecule has 2 aromatic carbocycles. The van der Waals surface area contributed by atoms with Crippen LogP contribution in [0.4, 0.5) is 0 Å². The average molecular weight is 478 g/mol. The Labute approximate surface area is 194 Å². The molecule has 0 bridgehead atoms. The summed E-state index contributed by atoms with van der Waals surface area (Å²) in [4.78, 5) is 12.7. The van der Waals surface area contributed by atoms with Crippen molar-refractivity contribution in [3.8, 4) is 28.7 Å². The molecule has 1 fully saturated rings. The number of ketones is 1. The third kappa shape index (κ3) is 4.36. The van der Waals surface area contributed by atoms with Crippen LogP contribution >= 0.6 is 0 Å². The fourth-order valence-electron chi connectivity index (χ4n) is 3.99. The fourth-order valence-corrected chi connectivity index (χ4v) is 3.99. The van der Waals surface area contributed by atoms with Crippen LogP contribution in [0.5, 0.6) is 28.7 Å². The largest absolute Gasteiger partial charge is 0.507 e. The number of carbonyl (C=O) groups is 1. The van der Waals surface area contributed by atoms with Crippen LogP contribution < -0.4 is 18.9 Å². The maximum Gasteiger partial charge on any atom is 0.229 e. The summed E-state index contributed by atoms with van der Waals surface area (Å²) >= 11 is 0. The first-order valence-electron chi connectivity index (χ1n) is 10.5. The van der Waals surface area contributed by atoms with Gasteiger partial charge in [-0.1, -0.05) is 6.07 Å². The summed E-state index contributed by atoms with van der Waals surface area (Å²) in [5.41, 5.74) is 0.602. The van der Waals surface area contributed by atoms with E-state index in [2.05, 4.69) is 0 Å². The Hall–Kier alpha value is -3.09. The molecule has 0 aliphatic carbocycles. The predicted octanol–water partition coefficient (Wildman–Crippen LogP) is 0.295. The van der Waals surface area contributed by atoms with Crippen molar-refractivity contribution in [2.45, 2.75) is 43.2 Å². The van der Waals surface area contributed by atoms with Gasteiger partial charge in [0, 0.05) is 12.1 Å². The van der Waals surface area contributed by atoms with Gasteiger partial charge < -0.3 is 49.2 Å². The Morgan fingerprint density at radius 2 is 1.76 bits per heavy atom. The molecular weight excluding hydrogens is 452 g/mol. The Bertz CT molecular complexity index is 1050. The molecule has 5 N–H and O–H groups in total. The number of phenols is 1.